The van der Waals surface area contributed by atoms with Gasteiger partial charge in [-0.25, -0.2) is 8.42 Å². The number of carbonyl (C=O) groups excluding carboxylic acids is 1. The molecule has 0 aromatic carbocycles. The molecule has 27 heavy (non-hydrogen) atoms. The Labute approximate surface area is 171 Å². The van der Waals surface area contributed by atoms with E-state index in [0.717, 1.165) is 56.9 Å². The van der Waals surface area contributed by atoms with Gasteiger partial charge in [-0.05, 0) is 37.4 Å². The van der Waals surface area contributed by atoms with Crippen molar-refractivity contribution in [1.29, 1.82) is 0 Å². The summed E-state index contributed by atoms with van der Waals surface area (Å²) in [5, 5.41) is 0. The Morgan fingerprint density at radius 1 is 1.19 bits per heavy atom. The van der Waals surface area contributed by atoms with E-state index in [1.807, 2.05) is 11.8 Å². The zero-order chi connectivity index (χ0) is 19.6. The normalized spacial score (nSPS) is 22.1. The molecule has 3 rings (SSSR count). The lowest BCUT2D eigenvalue weighted by atomic mass is 9.85. The minimum Gasteiger partial charge on any atom is -0.340 e. The van der Waals surface area contributed by atoms with Gasteiger partial charge in [-0.3, -0.25) is 4.79 Å². The van der Waals surface area contributed by atoms with Crippen LogP contribution in [0.2, 0.25) is 4.34 Å². The van der Waals surface area contributed by atoms with Crippen molar-refractivity contribution >= 4 is 38.9 Å². The lowest BCUT2D eigenvalue weighted by Gasteiger charge is -2.38. The fourth-order valence-electron chi connectivity index (χ4n) is 3.95. The van der Waals surface area contributed by atoms with Gasteiger partial charge in [0.2, 0.25) is 5.91 Å². The number of carbonyl (C=O) groups is 1. The van der Waals surface area contributed by atoms with Crippen LogP contribution in [0.1, 0.15) is 26.7 Å². The summed E-state index contributed by atoms with van der Waals surface area (Å²) in [5.41, 5.74) is 0. The van der Waals surface area contributed by atoms with Crippen LogP contribution in [0.25, 0.3) is 0 Å². The van der Waals surface area contributed by atoms with Crippen molar-refractivity contribution in [3.63, 3.8) is 0 Å². The van der Waals surface area contributed by atoms with E-state index >= 15 is 0 Å². The third-order valence-electron chi connectivity index (χ3n) is 5.87. The standard InChI is InChI=1S/C18H28ClN3O3S2/c1-3-20-10-12-21(13-11-20)18(23)14(2)15-6-8-22(9-7-15)27(24,25)17-5-4-16(19)26-17/h4-5,14-15H,3,6-13H2,1-2H3/t14-/m1/s1. The summed E-state index contributed by atoms with van der Waals surface area (Å²) in [6.45, 7) is 9.57. The Bertz CT molecular complexity index is 752. The number of piperidine rings is 1. The van der Waals surface area contributed by atoms with Gasteiger partial charge in [-0.1, -0.05) is 25.4 Å². The second-order valence-electron chi connectivity index (χ2n) is 7.35. The van der Waals surface area contributed by atoms with E-state index in [-0.39, 0.29) is 17.7 Å². The molecule has 9 heteroatoms. The van der Waals surface area contributed by atoms with Crippen LogP contribution in [-0.2, 0) is 14.8 Å². The maximum Gasteiger partial charge on any atom is 0.252 e. The molecule has 6 nitrogen and oxygen atoms in total. The summed E-state index contributed by atoms with van der Waals surface area (Å²) < 4.78 is 27.7. The number of piperazine rings is 1. The Hall–Kier alpha value is -0.670. The number of hydrogen-bond donors (Lipinski definition) is 0. The summed E-state index contributed by atoms with van der Waals surface area (Å²) >= 11 is 6.98. The number of hydrogen-bond acceptors (Lipinski definition) is 5. The Morgan fingerprint density at radius 3 is 2.33 bits per heavy atom. The first-order valence-corrected chi connectivity index (χ1v) is 12.2. The molecule has 2 aliphatic heterocycles. The SMILES string of the molecule is CCN1CCN(C(=O)[C@H](C)C2CCN(S(=O)(=O)c3ccc(Cl)s3)CC2)CC1. The number of nitrogens with zero attached hydrogens (tertiary/aromatic N) is 3. The Balaban J connectivity index is 1.55. The van der Waals surface area contributed by atoms with Gasteiger partial charge in [0, 0.05) is 45.2 Å². The third kappa shape index (κ3) is 4.67. The highest BCUT2D eigenvalue weighted by Gasteiger charge is 2.35. The number of sulfonamides is 1. The topological polar surface area (TPSA) is 60.9 Å². The fraction of sp³-hybridized carbons (Fsp3) is 0.722. The van der Waals surface area contributed by atoms with Gasteiger partial charge >= 0.3 is 0 Å². The van der Waals surface area contributed by atoms with E-state index in [9.17, 15) is 13.2 Å². The second kappa shape index (κ2) is 8.78. The summed E-state index contributed by atoms with van der Waals surface area (Å²) in [7, 11) is -3.47. The molecule has 2 saturated heterocycles. The maximum atomic E-state index is 12.9. The van der Waals surface area contributed by atoms with Gasteiger partial charge in [-0.2, -0.15) is 4.31 Å². The molecule has 1 amide bonds. The number of halogens is 1. The van der Waals surface area contributed by atoms with Gasteiger partial charge in [0.05, 0.1) is 4.34 Å². The molecule has 1 atom stereocenters. The molecule has 0 radical (unpaired) electrons. The van der Waals surface area contributed by atoms with Gasteiger partial charge in [0.25, 0.3) is 10.0 Å². The van der Waals surface area contributed by atoms with Crippen molar-refractivity contribution in [1.82, 2.24) is 14.1 Å². The molecule has 1 aromatic heterocycles. The summed E-state index contributed by atoms with van der Waals surface area (Å²) in [6, 6.07) is 3.18. The Kier molecular flexibility index (Phi) is 6.84. The number of thiophene rings is 1. The molecule has 152 valence electrons. The minimum absolute atomic E-state index is 0.0563. The highest BCUT2D eigenvalue weighted by Crippen LogP contribution is 2.32. The van der Waals surface area contributed by atoms with Crippen molar-refractivity contribution < 1.29 is 13.2 Å². The zero-order valence-corrected chi connectivity index (χ0v) is 18.3. The van der Waals surface area contributed by atoms with E-state index in [1.54, 1.807) is 12.1 Å². The van der Waals surface area contributed by atoms with Crippen molar-refractivity contribution in [3.05, 3.63) is 16.5 Å². The lowest BCUT2D eigenvalue weighted by Crippen LogP contribution is -2.51. The molecular formula is C18H28ClN3O3S2. The first-order valence-electron chi connectivity index (χ1n) is 9.59. The minimum atomic E-state index is -3.47. The number of rotatable bonds is 5. The smallest absolute Gasteiger partial charge is 0.252 e. The molecule has 2 aliphatic rings. The lowest BCUT2D eigenvalue weighted by molar-refractivity contribution is -0.139. The van der Waals surface area contributed by atoms with Crippen LogP contribution in [0.5, 0.6) is 0 Å². The molecule has 1 aromatic rings. The summed E-state index contributed by atoms with van der Waals surface area (Å²) in [4.78, 5) is 17.2. The van der Waals surface area contributed by atoms with Gasteiger partial charge in [0.1, 0.15) is 4.21 Å². The summed E-state index contributed by atoms with van der Waals surface area (Å²) in [5.74, 6) is 0.399. The van der Waals surface area contributed by atoms with E-state index in [1.165, 1.54) is 4.31 Å². The van der Waals surface area contributed by atoms with Gasteiger partial charge < -0.3 is 9.80 Å². The molecule has 0 N–H and O–H groups in total. The van der Waals surface area contributed by atoms with Crippen LogP contribution in [0.15, 0.2) is 16.3 Å². The van der Waals surface area contributed by atoms with Crippen LogP contribution in [0.3, 0.4) is 0 Å². The first-order chi connectivity index (χ1) is 12.8. The quantitative estimate of drug-likeness (QED) is 0.716. The average molecular weight is 434 g/mol. The molecule has 0 saturated carbocycles. The largest absolute Gasteiger partial charge is 0.340 e. The Morgan fingerprint density at radius 2 is 1.81 bits per heavy atom. The van der Waals surface area contributed by atoms with Crippen molar-refractivity contribution in [2.45, 2.75) is 30.9 Å². The van der Waals surface area contributed by atoms with Crippen LogP contribution in [0.4, 0.5) is 0 Å². The number of likely N-dealkylation sites (N-methyl/N-ethyl adjacent to an activating group) is 1. The second-order valence-corrected chi connectivity index (χ2v) is 11.2. The fourth-order valence-corrected chi connectivity index (χ4v) is 7.06. The number of amides is 1. The van der Waals surface area contributed by atoms with Gasteiger partial charge in [0.15, 0.2) is 0 Å². The van der Waals surface area contributed by atoms with E-state index in [4.69, 9.17) is 11.6 Å². The maximum absolute atomic E-state index is 12.9. The van der Waals surface area contributed by atoms with Crippen LogP contribution >= 0.6 is 22.9 Å². The molecule has 0 spiro atoms. The van der Waals surface area contributed by atoms with E-state index in [0.29, 0.717) is 21.6 Å². The van der Waals surface area contributed by atoms with E-state index in [2.05, 4.69) is 11.8 Å². The monoisotopic (exact) mass is 433 g/mol. The van der Waals surface area contributed by atoms with Crippen LogP contribution in [-0.4, -0.2) is 74.2 Å². The molecule has 0 bridgehead atoms. The highest BCUT2D eigenvalue weighted by molar-refractivity contribution is 7.91. The van der Waals surface area contributed by atoms with E-state index < -0.39 is 10.0 Å². The highest BCUT2D eigenvalue weighted by atomic mass is 35.5. The average Bonchev–Trinajstić information content (AvgIpc) is 3.14. The van der Waals surface area contributed by atoms with Crippen molar-refractivity contribution in [3.8, 4) is 0 Å². The molecule has 0 aliphatic carbocycles. The van der Waals surface area contributed by atoms with Gasteiger partial charge in [-0.15, -0.1) is 11.3 Å². The first kappa shape index (κ1) is 21.0. The molecule has 0 unspecified atom stereocenters. The predicted octanol–water partition coefficient (Wildman–Crippen LogP) is 2.60. The van der Waals surface area contributed by atoms with Crippen molar-refractivity contribution in [2.24, 2.45) is 11.8 Å². The molecule has 3 heterocycles. The van der Waals surface area contributed by atoms with Crippen molar-refractivity contribution in [2.75, 3.05) is 45.8 Å². The van der Waals surface area contributed by atoms with Crippen LogP contribution in [0, 0.1) is 11.8 Å². The molecular weight excluding hydrogens is 406 g/mol. The summed E-state index contributed by atoms with van der Waals surface area (Å²) in [6.07, 6.45) is 1.44. The zero-order valence-electron chi connectivity index (χ0n) is 15.9. The van der Waals surface area contributed by atoms with Crippen LogP contribution < -0.4 is 0 Å². The molecule has 2 fully saturated rings. The third-order valence-corrected chi connectivity index (χ3v) is 9.47. The predicted molar refractivity (Wildman–Crippen MR) is 109 cm³/mol.